The molecule has 2 aromatic carbocycles. The number of thiocarbonyl (C=S) groups is 1. The lowest BCUT2D eigenvalue weighted by molar-refractivity contribution is 0.0947. The minimum absolute atomic E-state index is 0.192. The van der Waals surface area contributed by atoms with Crippen molar-refractivity contribution in [3.63, 3.8) is 0 Å². The third kappa shape index (κ3) is 3.77. The van der Waals surface area contributed by atoms with Crippen LogP contribution in [-0.4, -0.2) is 10.9 Å². The van der Waals surface area contributed by atoms with Gasteiger partial charge in [-0.2, -0.15) is 0 Å². The molecule has 102 valence electrons. The van der Waals surface area contributed by atoms with Crippen LogP contribution in [0.3, 0.4) is 0 Å². The molecule has 20 heavy (non-hydrogen) atoms. The number of rotatable bonds is 4. The number of carbonyl (C=O) groups excluding carboxylic acids is 1. The standard InChI is InChI=1S/C15H13IN2OS/c16-12-8-6-11(7-9-12)15(19)18-13(14(17)20)10-4-2-1-3-5-10/h1-9,13H,(H2,17,20)(H,18,19). The van der Waals surface area contributed by atoms with Gasteiger partial charge in [-0.3, -0.25) is 4.79 Å². The van der Waals surface area contributed by atoms with Crippen LogP contribution in [0.15, 0.2) is 54.6 Å². The maximum absolute atomic E-state index is 12.2. The molecule has 3 N–H and O–H groups in total. The first kappa shape index (κ1) is 14.9. The van der Waals surface area contributed by atoms with Gasteiger partial charge >= 0.3 is 0 Å². The van der Waals surface area contributed by atoms with E-state index in [0.29, 0.717) is 5.56 Å². The van der Waals surface area contributed by atoms with Gasteiger partial charge in [-0.25, -0.2) is 0 Å². The summed E-state index contributed by atoms with van der Waals surface area (Å²) < 4.78 is 1.08. The number of hydrogen-bond donors (Lipinski definition) is 2. The molecule has 2 rings (SSSR count). The Hall–Kier alpha value is -1.47. The molecule has 0 radical (unpaired) electrons. The Morgan fingerprint density at radius 1 is 1.10 bits per heavy atom. The van der Waals surface area contributed by atoms with Gasteiger partial charge < -0.3 is 11.1 Å². The summed E-state index contributed by atoms with van der Waals surface area (Å²) in [6.45, 7) is 0. The second-order valence-electron chi connectivity index (χ2n) is 4.23. The molecular weight excluding hydrogens is 383 g/mol. The van der Waals surface area contributed by atoms with Crippen molar-refractivity contribution in [2.24, 2.45) is 5.73 Å². The Morgan fingerprint density at radius 2 is 1.70 bits per heavy atom. The highest BCUT2D eigenvalue weighted by Gasteiger charge is 2.17. The Morgan fingerprint density at radius 3 is 2.25 bits per heavy atom. The Bertz CT molecular complexity index is 614. The van der Waals surface area contributed by atoms with Crippen LogP contribution in [0.25, 0.3) is 0 Å². The van der Waals surface area contributed by atoms with Crippen molar-refractivity contribution in [2.45, 2.75) is 6.04 Å². The molecule has 3 nitrogen and oxygen atoms in total. The van der Waals surface area contributed by atoms with Gasteiger partial charge in [0.15, 0.2) is 0 Å². The summed E-state index contributed by atoms with van der Waals surface area (Å²) >= 11 is 7.24. The Kier molecular flexibility index (Phi) is 5.08. The summed E-state index contributed by atoms with van der Waals surface area (Å²) in [5.41, 5.74) is 7.19. The van der Waals surface area contributed by atoms with E-state index in [0.717, 1.165) is 9.13 Å². The number of benzene rings is 2. The molecule has 0 fully saturated rings. The fraction of sp³-hybridized carbons (Fsp3) is 0.0667. The van der Waals surface area contributed by atoms with Crippen LogP contribution >= 0.6 is 34.8 Å². The number of nitrogens with one attached hydrogen (secondary N) is 1. The molecule has 1 unspecified atom stereocenters. The summed E-state index contributed by atoms with van der Waals surface area (Å²) in [7, 11) is 0. The van der Waals surface area contributed by atoms with Gasteiger partial charge in [0.05, 0.1) is 0 Å². The van der Waals surface area contributed by atoms with Crippen molar-refractivity contribution in [1.29, 1.82) is 0 Å². The lowest BCUT2D eigenvalue weighted by Crippen LogP contribution is -2.36. The zero-order chi connectivity index (χ0) is 14.5. The minimum Gasteiger partial charge on any atom is -0.391 e. The second kappa shape index (κ2) is 6.81. The maximum Gasteiger partial charge on any atom is 0.252 e. The molecule has 2 aromatic rings. The molecular formula is C15H13IN2OS. The van der Waals surface area contributed by atoms with Crippen molar-refractivity contribution in [3.05, 3.63) is 69.3 Å². The van der Waals surface area contributed by atoms with Gasteiger partial charge in [-0.1, -0.05) is 42.5 Å². The predicted octanol–water partition coefficient (Wildman–Crippen LogP) is 3.05. The molecule has 0 heterocycles. The monoisotopic (exact) mass is 396 g/mol. The van der Waals surface area contributed by atoms with Gasteiger partial charge in [0.25, 0.3) is 5.91 Å². The fourth-order valence-corrected chi connectivity index (χ4v) is 2.33. The van der Waals surface area contributed by atoms with Crippen LogP contribution in [-0.2, 0) is 0 Å². The van der Waals surface area contributed by atoms with Gasteiger partial charge in [0.1, 0.15) is 11.0 Å². The number of hydrogen-bond acceptors (Lipinski definition) is 2. The Labute approximate surface area is 136 Å². The van der Waals surface area contributed by atoms with Crippen molar-refractivity contribution in [3.8, 4) is 0 Å². The molecule has 0 aliphatic heterocycles. The number of amides is 1. The summed E-state index contributed by atoms with van der Waals surface area (Å²) in [6.07, 6.45) is 0. The summed E-state index contributed by atoms with van der Waals surface area (Å²) in [4.78, 5) is 12.5. The number of carbonyl (C=O) groups is 1. The van der Waals surface area contributed by atoms with E-state index in [1.54, 1.807) is 12.1 Å². The molecule has 0 saturated carbocycles. The zero-order valence-electron chi connectivity index (χ0n) is 10.5. The molecule has 0 saturated heterocycles. The highest BCUT2D eigenvalue weighted by Crippen LogP contribution is 2.14. The third-order valence-electron chi connectivity index (χ3n) is 2.80. The number of halogens is 1. The van der Waals surface area contributed by atoms with E-state index in [9.17, 15) is 4.79 Å². The topological polar surface area (TPSA) is 55.1 Å². The minimum atomic E-state index is -0.460. The molecule has 0 aliphatic rings. The van der Waals surface area contributed by atoms with Gasteiger partial charge in [0, 0.05) is 9.13 Å². The van der Waals surface area contributed by atoms with E-state index in [1.165, 1.54) is 0 Å². The smallest absolute Gasteiger partial charge is 0.252 e. The lowest BCUT2D eigenvalue weighted by atomic mass is 10.1. The van der Waals surface area contributed by atoms with E-state index < -0.39 is 6.04 Å². The lowest BCUT2D eigenvalue weighted by Gasteiger charge is -2.18. The second-order valence-corrected chi connectivity index (χ2v) is 5.94. The molecule has 1 amide bonds. The largest absolute Gasteiger partial charge is 0.391 e. The quantitative estimate of drug-likeness (QED) is 0.617. The fourth-order valence-electron chi connectivity index (χ4n) is 1.78. The molecule has 0 spiro atoms. The Balaban J connectivity index is 2.19. The van der Waals surface area contributed by atoms with Crippen LogP contribution in [0, 0.1) is 3.57 Å². The molecule has 0 aromatic heterocycles. The average molecular weight is 396 g/mol. The SMILES string of the molecule is NC(=S)C(NC(=O)c1ccc(I)cc1)c1ccccc1. The zero-order valence-corrected chi connectivity index (χ0v) is 13.5. The van der Waals surface area contributed by atoms with Gasteiger partial charge in [-0.05, 0) is 52.4 Å². The first-order valence-electron chi connectivity index (χ1n) is 5.98. The van der Waals surface area contributed by atoms with E-state index in [1.807, 2.05) is 42.5 Å². The van der Waals surface area contributed by atoms with Gasteiger partial charge in [0.2, 0.25) is 0 Å². The number of nitrogens with two attached hydrogens (primary N) is 1. The maximum atomic E-state index is 12.2. The first-order chi connectivity index (χ1) is 9.58. The summed E-state index contributed by atoms with van der Waals surface area (Å²) in [6, 6.07) is 16.3. The van der Waals surface area contributed by atoms with Crippen molar-refractivity contribution >= 4 is 45.7 Å². The average Bonchev–Trinajstić information content (AvgIpc) is 2.46. The highest BCUT2D eigenvalue weighted by atomic mass is 127. The molecule has 0 bridgehead atoms. The van der Waals surface area contributed by atoms with Crippen LogP contribution in [0.5, 0.6) is 0 Å². The van der Waals surface area contributed by atoms with Crippen LogP contribution in [0.4, 0.5) is 0 Å². The van der Waals surface area contributed by atoms with E-state index >= 15 is 0 Å². The van der Waals surface area contributed by atoms with Crippen LogP contribution < -0.4 is 11.1 Å². The highest BCUT2D eigenvalue weighted by molar-refractivity contribution is 14.1. The van der Waals surface area contributed by atoms with Crippen LogP contribution in [0.2, 0.25) is 0 Å². The van der Waals surface area contributed by atoms with E-state index in [-0.39, 0.29) is 10.9 Å². The van der Waals surface area contributed by atoms with E-state index in [4.69, 9.17) is 18.0 Å². The normalized spacial score (nSPS) is 11.7. The van der Waals surface area contributed by atoms with Crippen molar-refractivity contribution in [1.82, 2.24) is 5.32 Å². The first-order valence-corrected chi connectivity index (χ1v) is 7.47. The molecule has 0 aliphatic carbocycles. The van der Waals surface area contributed by atoms with Crippen LogP contribution in [0.1, 0.15) is 22.0 Å². The summed E-state index contributed by atoms with van der Waals surface area (Å²) in [5, 5.41) is 2.86. The third-order valence-corrected chi connectivity index (χ3v) is 3.75. The summed E-state index contributed by atoms with van der Waals surface area (Å²) in [5.74, 6) is -0.192. The molecule has 1 atom stereocenters. The van der Waals surface area contributed by atoms with Crippen molar-refractivity contribution in [2.75, 3.05) is 0 Å². The predicted molar refractivity (Wildman–Crippen MR) is 92.6 cm³/mol. The van der Waals surface area contributed by atoms with Crippen molar-refractivity contribution < 1.29 is 4.79 Å². The van der Waals surface area contributed by atoms with E-state index in [2.05, 4.69) is 27.9 Å². The van der Waals surface area contributed by atoms with Gasteiger partial charge in [-0.15, -0.1) is 0 Å². The molecule has 5 heteroatoms.